The topological polar surface area (TPSA) is 90.2 Å². The third kappa shape index (κ3) is 4.15. The Morgan fingerprint density at radius 1 is 0.271 bits per heavy atom. The summed E-state index contributed by atoms with van der Waals surface area (Å²) in [7, 11) is 0. The van der Waals surface area contributed by atoms with E-state index < -0.39 is 0 Å². The average molecular weight is 759 g/mol. The van der Waals surface area contributed by atoms with Crippen LogP contribution in [0.15, 0.2) is 181 Å². The molecule has 7 nitrogen and oxygen atoms in total. The lowest BCUT2D eigenvalue weighted by Crippen LogP contribution is -2.27. The zero-order valence-corrected chi connectivity index (χ0v) is 30.9. The van der Waals surface area contributed by atoms with Crippen molar-refractivity contribution < 1.29 is 4.42 Å². The maximum atomic E-state index is 13.9. The van der Waals surface area contributed by atoms with Crippen LogP contribution in [-0.4, -0.2) is 8.80 Å². The van der Waals surface area contributed by atoms with Gasteiger partial charge in [0.1, 0.15) is 11.2 Å². The normalized spacial score (nSPS) is 12.3. The van der Waals surface area contributed by atoms with Gasteiger partial charge >= 0.3 is 0 Å². The molecule has 0 aliphatic heterocycles. The first-order chi connectivity index (χ1) is 28.9. The van der Waals surface area contributed by atoms with Gasteiger partial charge in [0, 0.05) is 53.9 Å². The molecule has 59 heavy (non-hydrogen) atoms. The number of furan rings is 1. The smallest absolute Gasteiger partial charge is 0.266 e. The zero-order valence-electron chi connectivity index (χ0n) is 30.9. The van der Waals surface area contributed by atoms with Crippen LogP contribution in [0.3, 0.4) is 0 Å². The van der Waals surface area contributed by atoms with Gasteiger partial charge in [-0.2, -0.15) is 0 Å². The summed E-state index contributed by atoms with van der Waals surface area (Å²) in [5, 5.41) is 10.4. The van der Waals surface area contributed by atoms with Gasteiger partial charge in [-0.05, 0) is 117 Å². The van der Waals surface area contributed by atoms with Gasteiger partial charge in [-0.3, -0.25) is 19.2 Å². The SMILES string of the molecule is O=c1c2ccccc2c2cc(-c3ccc4oc5ccc(-c6cc7c8ccccc8c(=O)n8c(=O)c9ccccc9c(c6)c78)cc5c4c3)cc3c4ccccc4c(=O)n1c23. The molecular weight excluding hydrogens is 733 g/mol. The molecular formula is C52H26N2O5. The highest BCUT2D eigenvalue weighted by atomic mass is 16.3. The largest absolute Gasteiger partial charge is 0.456 e. The number of rotatable bonds is 2. The molecule has 0 radical (unpaired) electrons. The van der Waals surface area contributed by atoms with Crippen LogP contribution in [0.4, 0.5) is 0 Å². The van der Waals surface area contributed by atoms with E-state index in [9.17, 15) is 19.2 Å². The van der Waals surface area contributed by atoms with Crippen LogP contribution in [0.5, 0.6) is 0 Å². The fourth-order valence-electron chi connectivity index (χ4n) is 9.73. The Morgan fingerprint density at radius 3 is 0.847 bits per heavy atom. The van der Waals surface area contributed by atoms with Gasteiger partial charge in [0.05, 0.1) is 11.0 Å². The molecule has 0 unspecified atom stereocenters. The number of pyridine rings is 4. The van der Waals surface area contributed by atoms with Crippen molar-refractivity contribution in [3.8, 4) is 22.3 Å². The molecule has 0 spiro atoms. The lowest BCUT2D eigenvalue weighted by atomic mass is 9.93. The van der Waals surface area contributed by atoms with Crippen molar-refractivity contribution >= 4 is 97.6 Å². The van der Waals surface area contributed by atoms with Crippen molar-refractivity contribution in [1.82, 2.24) is 8.80 Å². The van der Waals surface area contributed by atoms with E-state index in [2.05, 4.69) is 48.5 Å². The molecule has 0 saturated carbocycles. The highest BCUT2D eigenvalue weighted by Crippen LogP contribution is 2.40. The maximum Gasteiger partial charge on any atom is 0.266 e. The predicted octanol–water partition coefficient (Wildman–Crippen LogP) is 10.7. The summed E-state index contributed by atoms with van der Waals surface area (Å²) >= 11 is 0. The van der Waals surface area contributed by atoms with Gasteiger partial charge in [-0.25, -0.2) is 8.80 Å². The lowest BCUT2D eigenvalue weighted by Gasteiger charge is -2.15. The van der Waals surface area contributed by atoms with E-state index in [-0.39, 0.29) is 22.2 Å². The van der Waals surface area contributed by atoms with Gasteiger partial charge in [-0.15, -0.1) is 0 Å². The average Bonchev–Trinajstić information content (AvgIpc) is 3.65. The van der Waals surface area contributed by atoms with Crippen molar-refractivity contribution in [3.05, 3.63) is 199 Å². The van der Waals surface area contributed by atoms with Crippen LogP contribution in [0.1, 0.15) is 0 Å². The Hall–Kier alpha value is -8.16. The molecule has 0 fully saturated rings. The first-order valence-electron chi connectivity index (χ1n) is 19.4. The second-order valence-electron chi connectivity index (χ2n) is 15.4. The summed E-state index contributed by atoms with van der Waals surface area (Å²) in [6.45, 7) is 0. The summed E-state index contributed by atoms with van der Waals surface area (Å²) in [6, 6.07) is 50.6. The molecule has 0 atom stereocenters. The Bertz CT molecular complexity index is 3810. The van der Waals surface area contributed by atoms with E-state index in [0.717, 1.165) is 87.3 Å². The summed E-state index contributed by atoms with van der Waals surface area (Å²) < 4.78 is 9.10. The van der Waals surface area contributed by atoms with Crippen LogP contribution in [0.25, 0.3) is 120 Å². The molecule has 8 aromatic carbocycles. The van der Waals surface area contributed by atoms with Gasteiger partial charge in [0.15, 0.2) is 0 Å². The minimum absolute atomic E-state index is 0.320. The number of nitrogens with zero attached hydrogens (tertiary/aromatic N) is 2. The summed E-state index contributed by atoms with van der Waals surface area (Å²) in [6.07, 6.45) is 0. The van der Waals surface area contributed by atoms with Crippen molar-refractivity contribution in [2.45, 2.75) is 0 Å². The first kappa shape index (κ1) is 32.0. The lowest BCUT2D eigenvalue weighted by molar-refractivity contribution is 0.669. The fourth-order valence-corrected chi connectivity index (χ4v) is 9.73. The summed E-state index contributed by atoms with van der Waals surface area (Å²) in [5.74, 6) is 0. The van der Waals surface area contributed by atoms with Crippen LogP contribution < -0.4 is 22.2 Å². The molecule has 5 heterocycles. The van der Waals surface area contributed by atoms with Gasteiger partial charge < -0.3 is 4.42 Å². The molecule has 0 N–H and O–H groups in total. The monoisotopic (exact) mass is 758 g/mol. The van der Waals surface area contributed by atoms with Gasteiger partial charge in [-0.1, -0.05) is 84.9 Å². The molecule has 0 aliphatic rings. The number of benzene rings is 8. The summed E-state index contributed by atoms with van der Waals surface area (Å²) in [4.78, 5) is 55.5. The Labute approximate surface area is 331 Å². The van der Waals surface area contributed by atoms with E-state index in [0.29, 0.717) is 32.6 Å². The molecule has 0 saturated heterocycles. The molecule has 0 amide bonds. The van der Waals surface area contributed by atoms with E-state index in [1.54, 1.807) is 24.3 Å². The number of aromatic nitrogens is 2. The van der Waals surface area contributed by atoms with Crippen LogP contribution >= 0.6 is 0 Å². The third-order valence-corrected chi connectivity index (χ3v) is 12.4. The van der Waals surface area contributed by atoms with Crippen molar-refractivity contribution in [1.29, 1.82) is 0 Å². The summed E-state index contributed by atoms with van der Waals surface area (Å²) in [5.41, 5.74) is 5.25. The minimum Gasteiger partial charge on any atom is -0.456 e. The Kier molecular flexibility index (Phi) is 6.09. The maximum absolute atomic E-state index is 13.9. The Balaban J connectivity index is 1.07. The number of fused-ring (bicyclic) bond motifs is 11. The highest BCUT2D eigenvalue weighted by molar-refractivity contribution is 6.21. The van der Waals surface area contributed by atoms with E-state index in [1.807, 2.05) is 84.9 Å². The second-order valence-corrected chi connectivity index (χ2v) is 15.4. The Morgan fingerprint density at radius 2 is 0.542 bits per heavy atom. The quantitative estimate of drug-likeness (QED) is 0.129. The van der Waals surface area contributed by atoms with Crippen molar-refractivity contribution in [3.63, 3.8) is 0 Å². The van der Waals surface area contributed by atoms with Gasteiger partial charge in [0.2, 0.25) is 0 Å². The molecule has 0 aliphatic carbocycles. The molecule has 7 heteroatoms. The zero-order chi connectivity index (χ0) is 39.3. The van der Waals surface area contributed by atoms with Crippen molar-refractivity contribution in [2.24, 2.45) is 0 Å². The molecule has 13 rings (SSSR count). The molecule has 5 aromatic heterocycles. The first-order valence-corrected chi connectivity index (χ1v) is 19.4. The number of hydrogen-bond acceptors (Lipinski definition) is 5. The van der Waals surface area contributed by atoms with Gasteiger partial charge in [0.25, 0.3) is 22.2 Å². The predicted molar refractivity (Wildman–Crippen MR) is 239 cm³/mol. The van der Waals surface area contributed by atoms with Crippen molar-refractivity contribution in [2.75, 3.05) is 0 Å². The van der Waals surface area contributed by atoms with E-state index in [1.165, 1.54) is 8.80 Å². The van der Waals surface area contributed by atoms with E-state index >= 15 is 0 Å². The minimum atomic E-state index is -0.320. The highest BCUT2D eigenvalue weighted by Gasteiger charge is 2.21. The molecule has 13 aromatic rings. The molecule has 0 bridgehead atoms. The third-order valence-electron chi connectivity index (χ3n) is 12.4. The standard InChI is InChI=1S/C52H26N2O5/c55-49-35-13-5-1-9-31(35)41-23-29(24-42-32-10-2-6-14-36(32)50(56)53(49)47(41)42)27-17-19-45-39(21-27)40-22-28(18-20-46(40)59-45)30-25-43-33-11-3-7-15-37(33)51(57)54-48(43)44(26-30)34-12-4-8-16-38(34)52(54)58/h1-26H. The van der Waals surface area contributed by atoms with Crippen LogP contribution in [0.2, 0.25) is 0 Å². The van der Waals surface area contributed by atoms with Crippen LogP contribution in [-0.2, 0) is 0 Å². The van der Waals surface area contributed by atoms with Crippen LogP contribution in [0, 0.1) is 0 Å². The number of hydrogen-bond donors (Lipinski definition) is 0. The van der Waals surface area contributed by atoms with E-state index in [4.69, 9.17) is 4.42 Å². The molecule has 274 valence electrons. The fraction of sp³-hybridized carbons (Fsp3) is 0. The second kappa shape index (κ2) is 11.2.